The Hall–Kier alpha value is -4.33. The first-order chi connectivity index (χ1) is 14.7. The van der Waals surface area contributed by atoms with Crippen LogP contribution in [0.2, 0.25) is 0 Å². The van der Waals surface area contributed by atoms with E-state index in [-0.39, 0.29) is 18.2 Å². The molecule has 8 heteroatoms. The number of rotatable bonds is 4. The van der Waals surface area contributed by atoms with Gasteiger partial charge in [0.2, 0.25) is 6.79 Å². The van der Waals surface area contributed by atoms with E-state index in [1.807, 2.05) is 42.5 Å². The number of fused-ring (bicyclic) bond motifs is 2. The number of aromatic hydroxyl groups is 1. The lowest BCUT2D eigenvalue weighted by molar-refractivity contribution is 0.0950. The molecule has 1 aliphatic rings. The van der Waals surface area contributed by atoms with Gasteiger partial charge in [0, 0.05) is 11.1 Å². The van der Waals surface area contributed by atoms with Crippen LogP contribution in [0.4, 0.5) is 0 Å². The second-order valence-corrected chi connectivity index (χ2v) is 6.65. The summed E-state index contributed by atoms with van der Waals surface area (Å²) in [4.78, 5) is 12.4. The van der Waals surface area contributed by atoms with E-state index in [9.17, 15) is 9.90 Å². The highest BCUT2D eigenvalue weighted by molar-refractivity contribution is 6.03. The number of ether oxygens (including phenoxy) is 2. The number of hydrogen-bond donors (Lipinski definition) is 3. The second kappa shape index (κ2) is 7.25. The summed E-state index contributed by atoms with van der Waals surface area (Å²) in [5, 5.41) is 22.8. The SMILES string of the molecule is O=C(N/N=C\c1c(O)ccc2ccccc12)c1cc(-c2ccc3c(c2)OCO3)n[nH]1. The molecule has 148 valence electrons. The van der Waals surface area contributed by atoms with Gasteiger partial charge >= 0.3 is 0 Å². The Labute approximate surface area is 170 Å². The molecule has 30 heavy (non-hydrogen) atoms. The van der Waals surface area contributed by atoms with Crippen LogP contribution in [0.3, 0.4) is 0 Å². The molecule has 1 aliphatic heterocycles. The molecule has 5 rings (SSSR count). The molecule has 1 amide bonds. The number of amides is 1. The third kappa shape index (κ3) is 3.20. The minimum absolute atomic E-state index is 0.0818. The van der Waals surface area contributed by atoms with E-state index in [0.29, 0.717) is 22.8 Å². The number of hydrogen-bond acceptors (Lipinski definition) is 6. The molecule has 0 radical (unpaired) electrons. The molecule has 4 aromatic rings. The van der Waals surface area contributed by atoms with Crippen LogP contribution in [-0.2, 0) is 0 Å². The summed E-state index contributed by atoms with van der Waals surface area (Å²) in [6.07, 6.45) is 1.42. The van der Waals surface area contributed by atoms with Crippen LogP contribution >= 0.6 is 0 Å². The first-order valence-corrected chi connectivity index (χ1v) is 9.18. The number of aromatic amines is 1. The summed E-state index contributed by atoms with van der Waals surface area (Å²) in [5.41, 5.74) is 4.61. The second-order valence-electron chi connectivity index (χ2n) is 6.65. The quantitative estimate of drug-likeness (QED) is 0.359. The highest BCUT2D eigenvalue weighted by atomic mass is 16.7. The third-order valence-electron chi connectivity index (χ3n) is 4.80. The highest BCUT2D eigenvalue weighted by Gasteiger charge is 2.16. The molecule has 2 heterocycles. The van der Waals surface area contributed by atoms with Gasteiger partial charge < -0.3 is 14.6 Å². The number of hydrazone groups is 1. The van der Waals surface area contributed by atoms with Gasteiger partial charge in [0.1, 0.15) is 11.4 Å². The monoisotopic (exact) mass is 400 g/mol. The number of aromatic nitrogens is 2. The standard InChI is InChI=1S/C22H16N4O4/c27-19-7-5-13-3-1-2-4-15(13)16(19)11-23-26-22(28)18-10-17(24-25-18)14-6-8-20-21(9-14)30-12-29-20/h1-11,27H,12H2,(H,24,25)(H,26,28)/b23-11-. The number of H-pyrrole nitrogens is 1. The molecule has 0 atom stereocenters. The van der Waals surface area contributed by atoms with Crippen LogP contribution in [0.15, 0.2) is 65.8 Å². The molecule has 0 saturated heterocycles. The number of carbonyl (C=O) groups is 1. The fourth-order valence-corrected chi connectivity index (χ4v) is 3.28. The van der Waals surface area contributed by atoms with Crippen LogP contribution in [0.25, 0.3) is 22.0 Å². The average molecular weight is 400 g/mol. The summed E-state index contributed by atoms with van der Waals surface area (Å²) in [7, 11) is 0. The Balaban J connectivity index is 1.33. The van der Waals surface area contributed by atoms with Crippen molar-refractivity contribution in [2.45, 2.75) is 0 Å². The molecule has 1 aromatic heterocycles. The van der Waals surface area contributed by atoms with Crippen LogP contribution in [0, 0.1) is 0 Å². The predicted molar refractivity (Wildman–Crippen MR) is 111 cm³/mol. The van der Waals surface area contributed by atoms with Crippen LogP contribution in [-0.4, -0.2) is 34.2 Å². The minimum Gasteiger partial charge on any atom is -0.507 e. The predicted octanol–water partition coefficient (Wildman–Crippen LogP) is 3.43. The summed E-state index contributed by atoms with van der Waals surface area (Å²) in [6, 6.07) is 18.1. The molecular formula is C22H16N4O4. The van der Waals surface area contributed by atoms with Crippen molar-refractivity contribution in [3.63, 3.8) is 0 Å². The molecular weight excluding hydrogens is 384 g/mol. The molecule has 0 saturated carbocycles. The fourth-order valence-electron chi connectivity index (χ4n) is 3.28. The van der Waals surface area contributed by atoms with Crippen molar-refractivity contribution in [1.82, 2.24) is 15.6 Å². The Morgan fingerprint density at radius 3 is 2.90 bits per heavy atom. The van der Waals surface area contributed by atoms with Gasteiger partial charge in [-0.25, -0.2) is 5.43 Å². The van der Waals surface area contributed by atoms with Gasteiger partial charge in [-0.15, -0.1) is 0 Å². The van der Waals surface area contributed by atoms with E-state index in [4.69, 9.17) is 9.47 Å². The maximum Gasteiger partial charge on any atom is 0.289 e. The van der Waals surface area contributed by atoms with Gasteiger partial charge in [0.15, 0.2) is 11.5 Å². The van der Waals surface area contributed by atoms with Crippen LogP contribution in [0.1, 0.15) is 16.1 Å². The van der Waals surface area contributed by atoms with Crippen molar-refractivity contribution in [3.8, 4) is 28.5 Å². The lowest BCUT2D eigenvalue weighted by Crippen LogP contribution is -2.18. The molecule has 0 fully saturated rings. The molecule has 0 unspecified atom stereocenters. The fraction of sp³-hybridized carbons (Fsp3) is 0.0455. The van der Waals surface area contributed by atoms with Crippen molar-refractivity contribution in [3.05, 3.63) is 71.9 Å². The van der Waals surface area contributed by atoms with Gasteiger partial charge in [0.05, 0.1) is 11.9 Å². The van der Waals surface area contributed by atoms with E-state index in [0.717, 1.165) is 16.3 Å². The zero-order valence-electron chi connectivity index (χ0n) is 15.6. The number of phenolic OH excluding ortho intramolecular Hbond substituents is 1. The van der Waals surface area contributed by atoms with E-state index < -0.39 is 5.91 Å². The van der Waals surface area contributed by atoms with E-state index in [1.165, 1.54) is 6.21 Å². The lowest BCUT2D eigenvalue weighted by Gasteiger charge is -2.04. The first-order valence-electron chi connectivity index (χ1n) is 9.18. The third-order valence-corrected chi connectivity index (χ3v) is 4.80. The Morgan fingerprint density at radius 1 is 1.10 bits per heavy atom. The number of benzene rings is 3. The van der Waals surface area contributed by atoms with Gasteiger partial charge in [-0.2, -0.15) is 10.2 Å². The summed E-state index contributed by atoms with van der Waals surface area (Å²) in [6.45, 7) is 0.192. The van der Waals surface area contributed by atoms with Gasteiger partial charge in [-0.05, 0) is 41.1 Å². The summed E-state index contributed by atoms with van der Waals surface area (Å²) >= 11 is 0. The molecule has 3 aromatic carbocycles. The van der Waals surface area contributed by atoms with Crippen molar-refractivity contribution < 1.29 is 19.4 Å². The molecule has 0 aliphatic carbocycles. The van der Waals surface area contributed by atoms with Crippen LogP contribution < -0.4 is 14.9 Å². The normalized spacial score (nSPS) is 12.5. The van der Waals surface area contributed by atoms with Crippen molar-refractivity contribution in [2.75, 3.05) is 6.79 Å². The highest BCUT2D eigenvalue weighted by Crippen LogP contribution is 2.35. The van der Waals surface area contributed by atoms with Crippen molar-refractivity contribution >= 4 is 22.9 Å². The molecule has 8 nitrogen and oxygen atoms in total. The zero-order valence-corrected chi connectivity index (χ0v) is 15.6. The number of nitrogens with one attached hydrogen (secondary N) is 2. The maximum atomic E-state index is 12.4. The Bertz CT molecular complexity index is 1300. The number of phenols is 1. The lowest BCUT2D eigenvalue weighted by atomic mass is 10.0. The molecule has 3 N–H and O–H groups in total. The van der Waals surface area contributed by atoms with Crippen LogP contribution in [0.5, 0.6) is 17.2 Å². The largest absolute Gasteiger partial charge is 0.507 e. The number of carbonyl (C=O) groups excluding carboxylic acids is 1. The van der Waals surface area contributed by atoms with Gasteiger partial charge in [-0.3, -0.25) is 9.89 Å². The van der Waals surface area contributed by atoms with E-state index in [1.54, 1.807) is 18.2 Å². The smallest absolute Gasteiger partial charge is 0.289 e. The summed E-state index contributed by atoms with van der Waals surface area (Å²) < 4.78 is 10.7. The van der Waals surface area contributed by atoms with Gasteiger partial charge in [-0.1, -0.05) is 30.3 Å². The molecule has 0 bridgehead atoms. The summed E-state index contributed by atoms with van der Waals surface area (Å²) in [5.74, 6) is 0.947. The zero-order chi connectivity index (χ0) is 20.5. The van der Waals surface area contributed by atoms with Crippen molar-refractivity contribution in [2.24, 2.45) is 5.10 Å². The first kappa shape index (κ1) is 17.7. The average Bonchev–Trinajstić information content (AvgIpc) is 3.44. The van der Waals surface area contributed by atoms with Gasteiger partial charge in [0.25, 0.3) is 5.91 Å². The topological polar surface area (TPSA) is 109 Å². The van der Waals surface area contributed by atoms with E-state index >= 15 is 0 Å². The number of nitrogens with zero attached hydrogens (tertiary/aromatic N) is 2. The minimum atomic E-state index is -0.453. The van der Waals surface area contributed by atoms with E-state index in [2.05, 4.69) is 20.7 Å². The Morgan fingerprint density at radius 2 is 1.97 bits per heavy atom. The van der Waals surface area contributed by atoms with Crippen molar-refractivity contribution in [1.29, 1.82) is 0 Å². The maximum absolute atomic E-state index is 12.4. The Kier molecular flexibility index (Phi) is 4.29. The molecule has 0 spiro atoms.